The molecule has 0 aliphatic carbocycles. The van der Waals surface area contributed by atoms with Crippen LogP contribution in [0, 0.1) is 12.8 Å². The quantitative estimate of drug-likeness (QED) is 0.569. The summed E-state index contributed by atoms with van der Waals surface area (Å²) in [6, 6.07) is 7.69. The Morgan fingerprint density at radius 1 is 1.36 bits per heavy atom. The Bertz CT molecular complexity index is 1220. The van der Waals surface area contributed by atoms with Gasteiger partial charge in [0.2, 0.25) is 0 Å². The van der Waals surface area contributed by atoms with Gasteiger partial charge in [-0.05, 0) is 53.9 Å². The summed E-state index contributed by atoms with van der Waals surface area (Å²) < 4.78 is 12.4. The Hall–Kier alpha value is -2.77. The predicted octanol–water partition coefficient (Wildman–Crippen LogP) is 3.92. The second-order valence-electron chi connectivity index (χ2n) is 7.12. The minimum atomic E-state index is -0.190. The fourth-order valence-corrected chi connectivity index (χ4v) is 4.25. The number of hydrogen-bond acceptors (Lipinski definition) is 6. The number of thiophene rings is 1. The maximum atomic E-state index is 12.8. The molecule has 142 valence electrons. The predicted molar refractivity (Wildman–Crippen MR) is 110 cm³/mol. The summed E-state index contributed by atoms with van der Waals surface area (Å²) in [5.74, 6) is 1.58. The van der Waals surface area contributed by atoms with Crippen LogP contribution in [0.5, 0.6) is 5.75 Å². The summed E-state index contributed by atoms with van der Waals surface area (Å²) in [6.45, 7) is 4.07. The van der Waals surface area contributed by atoms with E-state index in [4.69, 9.17) is 9.47 Å². The van der Waals surface area contributed by atoms with Crippen molar-refractivity contribution >= 4 is 32.3 Å². The SMILES string of the molecule is Cc1cc(OC[C@@H]2CCOC2)cc2c(=O)[nH]c(-c3cc4ccsc4cn3)nc12. The van der Waals surface area contributed by atoms with Gasteiger partial charge in [0.1, 0.15) is 11.4 Å². The first-order valence-electron chi connectivity index (χ1n) is 9.26. The topological polar surface area (TPSA) is 77.1 Å². The van der Waals surface area contributed by atoms with Gasteiger partial charge in [-0.1, -0.05) is 0 Å². The molecule has 1 aliphatic rings. The van der Waals surface area contributed by atoms with Gasteiger partial charge >= 0.3 is 0 Å². The molecule has 0 bridgehead atoms. The van der Waals surface area contributed by atoms with E-state index in [2.05, 4.69) is 15.0 Å². The van der Waals surface area contributed by atoms with Gasteiger partial charge < -0.3 is 14.5 Å². The van der Waals surface area contributed by atoms with Gasteiger partial charge in [0, 0.05) is 18.7 Å². The highest BCUT2D eigenvalue weighted by Gasteiger charge is 2.17. The first-order valence-corrected chi connectivity index (χ1v) is 10.1. The first-order chi connectivity index (χ1) is 13.7. The minimum Gasteiger partial charge on any atom is -0.493 e. The number of rotatable bonds is 4. The Morgan fingerprint density at radius 3 is 3.14 bits per heavy atom. The Morgan fingerprint density at radius 2 is 2.29 bits per heavy atom. The lowest BCUT2D eigenvalue weighted by Gasteiger charge is -2.12. The van der Waals surface area contributed by atoms with Gasteiger partial charge in [0.05, 0.1) is 28.8 Å². The van der Waals surface area contributed by atoms with Gasteiger partial charge in [0.15, 0.2) is 5.82 Å². The molecule has 1 N–H and O–H groups in total. The van der Waals surface area contributed by atoms with Crippen LogP contribution in [0.15, 0.2) is 40.6 Å². The number of benzene rings is 1. The lowest BCUT2D eigenvalue weighted by molar-refractivity contribution is 0.167. The van der Waals surface area contributed by atoms with Crippen LogP contribution in [0.1, 0.15) is 12.0 Å². The molecule has 4 heterocycles. The monoisotopic (exact) mass is 393 g/mol. The van der Waals surface area contributed by atoms with Crippen LogP contribution in [-0.4, -0.2) is 34.8 Å². The molecule has 4 aromatic rings. The van der Waals surface area contributed by atoms with E-state index >= 15 is 0 Å². The molecule has 1 saturated heterocycles. The van der Waals surface area contributed by atoms with Crippen LogP contribution in [0.25, 0.3) is 32.5 Å². The minimum absolute atomic E-state index is 0.190. The second kappa shape index (κ2) is 7.00. The molecule has 1 fully saturated rings. The van der Waals surface area contributed by atoms with Crippen LogP contribution in [-0.2, 0) is 4.74 Å². The van der Waals surface area contributed by atoms with E-state index < -0.39 is 0 Å². The maximum absolute atomic E-state index is 12.8. The fourth-order valence-electron chi connectivity index (χ4n) is 3.51. The Kier molecular flexibility index (Phi) is 4.33. The highest BCUT2D eigenvalue weighted by Crippen LogP contribution is 2.26. The normalized spacial score (nSPS) is 16.8. The first kappa shape index (κ1) is 17.3. The van der Waals surface area contributed by atoms with Crippen molar-refractivity contribution < 1.29 is 9.47 Å². The van der Waals surface area contributed by atoms with Gasteiger partial charge in [0.25, 0.3) is 5.56 Å². The van der Waals surface area contributed by atoms with Crippen molar-refractivity contribution in [2.75, 3.05) is 19.8 Å². The van der Waals surface area contributed by atoms with Crippen LogP contribution in [0.3, 0.4) is 0 Å². The smallest absolute Gasteiger partial charge is 0.259 e. The molecule has 0 saturated carbocycles. The van der Waals surface area contributed by atoms with Crippen molar-refractivity contribution in [1.29, 1.82) is 0 Å². The van der Waals surface area contributed by atoms with Crippen LogP contribution in [0.4, 0.5) is 0 Å². The number of aromatic amines is 1. The summed E-state index contributed by atoms with van der Waals surface area (Å²) in [6.07, 6.45) is 2.83. The maximum Gasteiger partial charge on any atom is 0.259 e. The van der Waals surface area contributed by atoms with E-state index in [9.17, 15) is 4.79 Å². The number of ether oxygens (including phenoxy) is 2. The average Bonchev–Trinajstić information content (AvgIpc) is 3.38. The van der Waals surface area contributed by atoms with Gasteiger partial charge in [-0.2, -0.15) is 0 Å². The molecule has 0 unspecified atom stereocenters. The van der Waals surface area contributed by atoms with E-state index in [1.54, 1.807) is 17.4 Å². The van der Waals surface area contributed by atoms with Crippen molar-refractivity contribution in [3.63, 3.8) is 0 Å². The van der Waals surface area contributed by atoms with E-state index in [-0.39, 0.29) is 5.56 Å². The van der Waals surface area contributed by atoms with Crippen molar-refractivity contribution in [3.8, 4) is 17.3 Å². The summed E-state index contributed by atoms with van der Waals surface area (Å²) in [5, 5.41) is 3.64. The molecule has 0 radical (unpaired) electrons. The largest absolute Gasteiger partial charge is 0.493 e. The molecule has 0 amide bonds. The number of aryl methyl sites for hydroxylation is 1. The molecular weight excluding hydrogens is 374 g/mol. The number of aromatic nitrogens is 3. The molecule has 1 aliphatic heterocycles. The lowest BCUT2D eigenvalue weighted by Crippen LogP contribution is -2.13. The number of pyridine rings is 1. The van der Waals surface area contributed by atoms with Gasteiger partial charge in [-0.25, -0.2) is 4.98 Å². The molecule has 28 heavy (non-hydrogen) atoms. The van der Waals surface area contributed by atoms with Crippen LogP contribution >= 0.6 is 11.3 Å². The third-order valence-corrected chi connectivity index (χ3v) is 5.93. The molecule has 1 aromatic carbocycles. The van der Waals surface area contributed by atoms with Crippen LogP contribution < -0.4 is 10.3 Å². The molecule has 0 spiro atoms. The number of nitrogens with zero attached hydrogens (tertiary/aromatic N) is 2. The Balaban J connectivity index is 1.52. The lowest BCUT2D eigenvalue weighted by atomic mass is 10.1. The highest BCUT2D eigenvalue weighted by atomic mass is 32.1. The molecular formula is C21H19N3O3S. The Labute approximate surface area is 165 Å². The molecule has 6 nitrogen and oxygen atoms in total. The number of fused-ring (bicyclic) bond motifs is 2. The van der Waals surface area contributed by atoms with Gasteiger partial charge in [-0.15, -0.1) is 11.3 Å². The number of H-pyrrole nitrogens is 1. The summed E-state index contributed by atoms with van der Waals surface area (Å²) in [4.78, 5) is 24.8. The summed E-state index contributed by atoms with van der Waals surface area (Å²) in [7, 11) is 0. The summed E-state index contributed by atoms with van der Waals surface area (Å²) >= 11 is 1.64. The van der Waals surface area contributed by atoms with Crippen molar-refractivity contribution in [2.24, 2.45) is 5.92 Å². The standard InChI is InChI=1S/C21H19N3O3S/c1-12-6-15(27-11-13-2-4-26-10-13)8-16-19(12)23-20(24-21(16)25)17-7-14-3-5-28-18(14)9-22-17/h3,5-9,13H,2,4,10-11H2,1H3,(H,23,24,25)/t13-/m1/s1. The van der Waals surface area contributed by atoms with Gasteiger partial charge in [-0.3, -0.25) is 9.78 Å². The second-order valence-corrected chi connectivity index (χ2v) is 8.07. The average molecular weight is 393 g/mol. The highest BCUT2D eigenvalue weighted by molar-refractivity contribution is 7.17. The van der Waals surface area contributed by atoms with E-state index in [1.807, 2.05) is 36.7 Å². The zero-order valence-electron chi connectivity index (χ0n) is 15.4. The number of nitrogens with one attached hydrogen (secondary N) is 1. The third kappa shape index (κ3) is 3.16. The van der Waals surface area contributed by atoms with Crippen molar-refractivity contribution in [2.45, 2.75) is 13.3 Å². The summed E-state index contributed by atoms with van der Waals surface area (Å²) in [5.41, 5.74) is 2.04. The third-order valence-electron chi connectivity index (χ3n) is 5.07. The zero-order valence-corrected chi connectivity index (χ0v) is 16.2. The van der Waals surface area contributed by atoms with Crippen molar-refractivity contribution in [1.82, 2.24) is 15.0 Å². The number of hydrogen-bond donors (Lipinski definition) is 1. The molecule has 1 atom stereocenters. The zero-order chi connectivity index (χ0) is 19.1. The molecule has 3 aromatic heterocycles. The van der Waals surface area contributed by atoms with Crippen LogP contribution in [0.2, 0.25) is 0 Å². The molecule has 7 heteroatoms. The van der Waals surface area contributed by atoms with E-state index in [0.29, 0.717) is 40.7 Å². The van der Waals surface area contributed by atoms with Crippen molar-refractivity contribution in [3.05, 3.63) is 51.8 Å². The van der Waals surface area contributed by atoms with E-state index in [0.717, 1.165) is 35.3 Å². The molecule has 5 rings (SSSR count). The fraction of sp³-hybridized carbons (Fsp3) is 0.286. The van der Waals surface area contributed by atoms with E-state index in [1.165, 1.54) is 0 Å².